The van der Waals surface area contributed by atoms with Crippen LogP contribution in [0, 0.1) is 0 Å². The fourth-order valence-corrected chi connectivity index (χ4v) is 4.31. The summed E-state index contributed by atoms with van der Waals surface area (Å²) in [6.07, 6.45) is 1.60. The number of nitrogens with zero attached hydrogens (tertiary/aromatic N) is 2. The van der Waals surface area contributed by atoms with Crippen molar-refractivity contribution in [1.82, 2.24) is 9.21 Å². The molecule has 0 radical (unpaired) electrons. The Morgan fingerprint density at radius 2 is 1.70 bits per heavy atom. The molecule has 1 aromatic carbocycles. The number of sulfone groups is 1. The van der Waals surface area contributed by atoms with Crippen LogP contribution in [0.1, 0.15) is 16.8 Å². The van der Waals surface area contributed by atoms with Crippen molar-refractivity contribution in [1.29, 1.82) is 0 Å². The van der Waals surface area contributed by atoms with Gasteiger partial charge in [-0.1, -0.05) is 0 Å². The van der Waals surface area contributed by atoms with Crippen LogP contribution in [-0.4, -0.2) is 70.6 Å². The molecule has 9 heteroatoms. The van der Waals surface area contributed by atoms with Crippen LogP contribution in [-0.2, 0) is 19.9 Å². The van der Waals surface area contributed by atoms with E-state index in [1.807, 2.05) is 0 Å². The van der Waals surface area contributed by atoms with Crippen LogP contribution in [0.15, 0.2) is 29.2 Å². The van der Waals surface area contributed by atoms with Gasteiger partial charge in [-0.15, -0.1) is 0 Å². The summed E-state index contributed by atoms with van der Waals surface area (Å²) in [5.41, 5.74) is 0.344. The third kappa shape index (κ3) is 3.73. The Morgan fingerprint density at radius 3 is 2.13 bits per heavy atom. The molecule has 23 heavy (non-hydrogen) atoms. The van der Waals surface area contributed by atoms with Crippen molar-refractivity contribution in [2.75, 3.05) is 33.4 Å². The van der Waals surface area contributed by atoms with E-state index in [4.69, 9.17) is 0 Å². The smallest absolute Gasteiger partial charge is 0.253 e. The molecule has 1 heterocycles. The highest BCUT2D eigenvalue weighted by atomic mass is 32.2. The van der Waals surface area contributed by atoms with Gasteiger partial charge in [0, 0.05) is 39.0 Å². The van der Waals surface area contributed by atoms with Crippen molar-refractivity contribution in [3.63, 3.8) is 0 Å². The topological polar surface area (TPSA) is 91.8 Å². The summed E-state index contributed by atoms with van der Waals surface area (Å²) in [6.45, 7) is 0.559. The van der Waals surface area contributed by atoms with Gasteiger partial charge in [0.1, 0.15) is 0 Å². The Kier molecular flexibility index (Phi) is 4.84. The minimum Gasteiger partial charge on any atom is -0.337 e. The van der Waals surface area contributed by atoms with Crippen LogP contribution in [0.3, 0.4) is 0 Å². The van der Waals surface area contributed by atoms with E-state index in [9.17, 15) is 21.6 Å². The average molecular weight is 360 g/mol. The van der Waals surface area contributed by atoms with Crippen molar-refractivity contribution < 1.29 is 21.6 Å². The Balaban J connectivity index is 2.16. The highest BCUT2D eigenvalue weighted by molar-refractivity contribution is 7.91. The first-order valence-electron chi connectivity index (χ1n) is 7.04. The predicted octanol–water partition coefficient (Wildman–Crippen LogP) is 0.196. The summed E-state index contributed by atoms with van der Waals surface area (Å²) in [7, 11) is -3.83. The van der Waals surface area contributed by atoms with E-state index in [2.05, 4.69) is 0 Å². The number of hydrogen-bond acceptors (Lipinski definition) is 5. The lowest BCUT2D eigenvalue weighted by molar-refractivity contribution is 0.0793. The van der Waals surface area contributed by atoms with Gasteiger partial charge in [0.2, 0.25) is 10.0 Å². The van der Waals surface area contributed by atoms with E-state index >= 15 is 0 Å². The molecule has 0 N–H and O–H groups in total. The van der Waals surface area contributed by atoms with Gasteiger partial charge in [0.25, 0.3) is 5.91 Å². The van der Waals surface area contributed by atoms with Crippen molar-refractivity contribution >= 4 is 25.8 Å². The van der Waals surface area contributed by atoms with Crippen LogP contribution in [0.4, 0.5) is 0 Å². The molecule has 1 aromatic rings. The molecule has 1 aliphatic rings. The lowest BCUT2D eigenvalue weighted by atomic mass is 10.2. The summed E-state index contributed by atoms with van der Waals surface area (Å²) >= 11 is 0. The number of amides is 1. The van der Waals surface area contributed by atoms with Gasteiger partial charge in [0.15, 0.2) is 9.84 Å². The van der Waals surface area contributed by atoms with Gasteiger partial charge in [-0.2, -0.15) is 0 Å². The maximum Gasteiger partial charge on any atom is 0.253 e. The third-order valence-electron chi connectivity index (χ3n) is 3.92. The van der Waals surface area contributed by atoms with Crippen LogP contribution in [0.25, 0.3) is 0 Å². The van der Waals surface area contributed by atoms with Crippen LogP contribution in [0.2, 0.25) is 0 Å². The summed E-state index contributed by atoms with van der Waals surface area (Å²) in [6, 6.07) is 5.67. The van der Waals surface area contributed by atoms with Crippen molar-refractivity contribution in [2.45, 2.75) is 16.6 Å². The summed E-state index contributed by atoms with van der Waals surface area (Å²) < 4.78 is 48.2. The van der Waals surface area contributed by atoms with Gasteiger partial charge in [-0.25, -0.2) is 21.1 Å². The fraction of sp³-hybridized carbons (Fsp3) is 0.500. The highest BCUT2D eigenvalue weighted by Crippen LogP contribution is 2.20. The Morgan fingerprint density at radius 1 is 1.13 bits per heavy atom. The Hall–Kier alpha value is -1.45. The standard InChI is InChI=1S/C14H20N2O5S2/c1-15(2)23(20,21)12-6-4-11(5-7-12)14(17)16-9-8-13(10-16)22(3,18)19/h4-7,13H,8-10H2,1-3H3. The van der Waals surface area contributed by atoms with E-state index in [0.717, 1.165) is 4.31 Å². The van der Waals surface area contributed by atoms with Crippen molar-refractivity contribution in [3.05, 3.63) is 29.8 Å². The second-order valence-corrected chi connectivity index (χ2v) is 10.3. The number of carbonyl (C=O) groups is 1. The summed E-state index contributed by atoms with van der Waals surface area (Å²) in [5, 5.41) is -0.528. The molecule has 2 rings (SSSR count). The van der Waals surface area contributed by atoms with Crippen LogP contribution >= 0.6 is 0 Å². The SMILES string of the molecule is CN(C)S(=O)(=O)c1ccc(C(=O)N2CCC(S(C)(=O)=O)C2)cc1. The number of rotatable bonds is 4. The van der Waals surface area contributed by atoms with Gasteiger partial charge in [-0.3, -0.25) is 4.79 Å². The minimum atomic E-state index is -3.54. The van der Waals surface area contributed by atoms with E-state index in [1.54, 1.807) is 0 Å². The van der Waals surface area contributed by atoms with Gasteiger partial charge in [0.05, 0.1) is 10.1 Å². The van der Waals surface area contributed by atoms with E-state index in [-0.39, 0.29) is 17.3 Å². The number of hydrogen-bond donors (Lipinski definition) is 0. The first-order chi connectivity index (χ1) is 10.5. The summed E-state index contributed by atoms with van der Waals surface area (Å²) in [5.74, 6) is -0.287. The molecule has 1 fully saturated rings. The maximum absolute atomic E-state index is 12.4. The molecular weight excluding hydrogens is 340 g/mol. The molecule has 1 atom stereocenters. The molecule has 128 valence electrons. The van der Waals surface area contributed by atoms with Crippen LogP contribution in [0.5, 0.6) is 0 Å². The Labute approximate surface area is 136 Å². The quantitative estimate of drug-likeness (QED) is 0.765. The minimum absolute atomic E-state index is 0.106. The molecule has 0 bridgehead atoms. The van der Waals surface area contributed by atoms with Gasteiger partial charge >= 0.3 is 0 Å². The lowest BCUT2D eigenvalue weighted by Gasteiger charge is -2.17. The van der Waals surface area contributed by atoms with E-state index < -0.39 is 25.1 Å². The van der Waals surface area contributed by atoms with Crippen LogP contribution < -0.4 is 0 Å². The number of carbonyl (C=O) groups excluding carboxylic acids is 1. The molecular formula is C14H20N2O5S2. The molecule has 7 nitrogen and oxygen atoms in total. The monoisotopic (exact) mass is 360 g/mol. The zero-order valence-electron chi connectivity index (χ0n) is 13.3. The second kappa shape index (κ2) is 6.21. The number of benzene rings is 1. The molecule has 0 spiro atoms. The normalized spacial score (nSPS) is 19.3. The molecule has 0 saturated carbocycles. The maximum atomic E-state index is 12.4. The molecule has 1 amide bonds. The number of likely N-dealkylation sites (tertiary alicyclic amines) is 1. The zero-order chi connectivity index (χ0) is 17.4. The first-order valence-corrected chi connectivity index (χ1v) is 10.4. The Bertz CT molecular complexity index is 798. The van der Waals surface area contributed by atoms with Gasteiger partial charge in [-0.05, 0) is 30.7 Å². The number of sulfonamides is 1. The zero-order valence-corrected chi connectivity index (χ0v) is 14.9. The lowest BCUT2D eigenvalue weighted by Crippen LogP contribution is -2.31. The molecule has 0 aliphatic carbocycles. The molecule has 1 saturated heterocycles. The highest BCUT2D eigenvalue weighted by Gasteiger charge is 2.33. The molecule has 1 unspecified atom stereocenters. The van der Waals surface area contributed by atoms with E-state index in [0.29, 0.717) is 18.5 Å². The van der Waals surface area contributed by atoms with Crippen molar-refractivity contribution in [3.8, 4) is 0 Å². The van der Waals surface area contributed by atoms with Gasteiger partial charge < -0.3 is 4.90 Å². The second-order valence-electron chi connectivity index (χ2n) is 5.80. The predicted molar refractivity (Wildman–Crippen MR) is 86.5 cm³/mol. The van der Waals surface area contributed by atoms with E-state index in [1.165, 1.54) is 49.5 Å². The molecule has 1 aliphatic heterocycles. The molecule has 0 aromatic heterocycles. The summed E-state index contributed by atoms with van der Waals surface area (Å²) in [4.78, 5) is 14.0. The first kappa shape index (κ1) is 17.9. The fourth-order valence-electron chi connectivity index (χ4n) is 2.43. The average Bonchev–Trinajstić information content (AvgIpc) is 2.96. The van der Waals surface area contributed by atoms with Crippen molar-refractivity contribution in [2.24, 2.45) is 0 Å². The third-order valence-corrected chi connectivity index (χ3v) is 7.34. The largest absolute Gasteiger partial charge is 0.337 e.